The molecule has 0 heterocycles. The number of rotatable bonds is 53. The number of carboxylic acids is 1. The molecule has 0 amide bonds. The highest BCUT2D eigenvalue weighted by atomic mass is 16.5. The van der Waals surface area contributed by atoms with E-state index in [-0.39, 0.29) is 5.97 Å². The highest BCUT2D eigenvalue weighted by molar-refractivity contribution is 5.69. The second-order valence-corrected chi connectivity index (χ2v) is 19.1. The summed E-state index contributed by atoms with van der Waals surface area (Å²) in [6.07, 6.45) is 70.3. The molecule has 0 aliphatic heterocycles. The molecule has 0 rings (SSSR count). The smallest absolute Gasteiger partial charge is 0.305 e. The van der Waals surface area contributed by atoms with Gasteiger partial charge in [0, 0.05) is 12.8 Å². The molecular weight excluding hydrogens is 737 g/mol. The molecule has 1 N–H and O–H groups in total. The van der Waals surface area contributed by atoms with Gasteiger partial charge in [0.05, 0.1) is 6.61 Å². The minimum absolute atomic E-state index is 0.0226. The van der Waals surface area contributed by atoms with Gasteiger partial charge in [-0.05, 0) is 44.9 Å². The lowest BCUT2D eigenvalue weighted by Crippen LogP contribution is -2.05. The standard InChI is InChI=1S/C56H108O4/c1-2-3-4-5-6-7-8-9-10-11-25-29-32-35-38-41-44-47-50-53-56(59)60-54-51-48-45-42-39-36-33-30-27-24-22-20-18-16-14-12-13-15-17-19-21-23-26-28-31-34-37-40-43-46-49-52-55(57)58/h9-10H,2-8,11-54H2,1H3,(H,57,58). The molecule has 0 aromatic carbocycles. The third kappa shape index (κ3) is 54.7. The summed E-state index contributed by atoms with van der Waals surface area (Å²) < 4.78 is 5.50. The van der Waals surface area contributed by atoms with Gasteiger partial charge < -0.3 is 9.84 Å². The number of carbonyl (C=O) groups is 2. The quantitative estimate of drug-likeness (QED) is 0.0376. The average Bonchev–Trinajstić information content (AvgIpc) is 3.24. The number of carboxylic acid groups (broad SMARTS) is 1. The van der Waals surface area contributed by atoms with Crippen molar-refractivity contribution in [2.45, 2.75) is 328 Å². The monoisotopic (exact) mass is 845 g/mol. The Kier molecular flexibility index (Phi) is 52.6. The molecule has 60 heavy (non-hydrogen) atoms. The molecule has 0 spiro atoms. The van der Waals surface area contributed by atoms with Gasteiger partial charge in [-0.2, -0.15) is 0 Å². The lowest BCUT2D eigenvalue weighted by atomic mass is 10.0. The van der Waals surface area contributed by atoms with Gasteiger partial charge in [0.1, 0.15) is 0 Å². The van der Waals surface area contributed by atoms with Crippen LogP contribution in [0, 0.1) is 0 Å². The topological polar surface area (TPSA) is 63.6 Å². The summed E-state index contributed by atoms with van der Waals surface area (Å²) >= 11 is 0. The van der Waals surface area contributed by atoms with Crippen LogP contribution >= 0.6 is 0 Å². The van der Waals surface area contributed by atoms with Crippen LogP contribution in [0.3, 0.4) is 0 Å². The zero-order valence-corrected chi connectivity index (χ0v) is 40.9. The van der Waals surface area contributed by atoms with Crippen molar-refractivity contribution >= 4 is 11.9 Å². The first-order valence-corrected chi connectivity index (χ1v) is 27.7. The van der Waals surface area contributed by atoms with E-state index in [0.717, 1.165) is 25.7 Å². The molecule has 0 bridgehead atoms. The van der Waals surface area contributed by atoms with Crippen LogP contribution in [0.5, 0.6) is 0 Å². The number of carbonyl (C=O) groups excluding carboxylic acids is 1. The Hall–Kier alpha value is -1.32. The highest BCUT2D eigenvalue weighted by Crippen LogP contribution is 2.18. The van der Waals surface area contributed by atoms with E-state index in [1.165, 1.54) is 283 Å². The summed E-state index contributed by atoms with van der Waals surface area (Å²) in [6, 6.07) is 0. The van der Waals surface area contributed by atoms with Crippen LogP contribution < -0.4 is 0 Å². The summed E-state index contributed by atoms with van der Waals surface area (Å²) in [4.78, 5) is 22.6. The Bertz CT molecular complexity index is 852. The number of ether oxygens (including phenoxy) is 1. The normalized spacial score (nSPS) is 11.6. The molecular formula is C56H108O4. The molecule has 0 fully saturated rings. The summed E-state index contributed by atoms with van der Waals surface area (Å²) in [7, 11) is 0. The molecule has 0 saturated heterocycles. The zero-order chi connectivity index (χ0) is 43.3. The first-order chi connectivity index (χ1) is 29.7. The van der Waals surface area contributed by atoms with E-state index in [2.05, 4.69) is 19.1 Å². The molecule has 4 nitrogen and oxygen atoms in total. The molecule has 0 unspecified atom stereocenters. The zero-order valence-electron chi connectivity index (χ0n) is 40.9. The maximum Gasteiger partial charge on any atom is 0.305 e. The van der Waals surface area contributed by atoms with Gasteiger partial charge in [-0.1, -0.05) is 282 Å². The molecule has 0 aromatic heterocycles. The Labute approximate surface area is 376 Å². The van der Waals surface area contributed by atoms with Crippen molar-refractivity contribution in [2.24, 2.45) is 0 Å². The third-order valence-electron chi connectivity index (χ3n) is 12.9. The maximum absolute atomic E-state index is 12.1. The molecule has 4 heteroatoms. The third-order valence-corrected chi connectivity index (χ3v) is 12.9. The minimum atomic E-state index is -0.652. The van der Waals surface area contributed by atoms with Crippen LogP contribution in [0.1, 0.15) is 328 Å². The van der Waals surface area contributed by atoms with E-state index in [0.29, 0.717) is 19.4 Å². The average molecular weight is 845 g/mol. The second kappa shape index (κ2) is 53.8. The van der Waals surface area contributed by atoms with Gasteiger partial charge in [0.15, 0.2) is 0 Å². The molecule has 0 atom stereocenters. The van der Waals surface area contributed by atoms with Crippen LogP contribution in [0.2, 0.25) is 0 Å². The van der Waals surface area contributed by atoms with Crippen LogP contribution in [-0.2, 0) is 14.3 Å². The lowest BCUT2D eigenvalue weighted by Gasteiger charge is -2.06. The molecule has 0 aliphatic carbocycles. The lowest BCUT2D eigenvalue weighted by molar-refractivity contribution is -0.144. The van der Waals surface area contributed by atoms with E-state index >= 15 is 0 Å². The van der Waals surface area contributed by atoms with E-state index < -0.39 is 5.97 Å². The van der Waals surface area contributed by atoms with Crippen molar-refractivity contribution in [1.82, 2.24) is 0 Å². The number of esters is 1. The Morgan fingerprint density at radius 2 is 0.550 bits per heavy atom. The van der Waals surface area contributed by atoms with Crippen LogP contribution in [-0.4, -0.2) is 23.7 Å². The van der Waals surface area contributed by atoms with E-state index in [4.69, 9.17) is 9.84 Å². The predicted octanol–water partition coefficient (Wildman–Crippen LogP) is 19.7. The Morgan fingerprint density at radius 3 is 0.833 bits per heavy atom. The Morgan fingerprint density at radius 1 is 0.317 bits per heavy atom. The number of aliphatic carboxylic acids is 1. The van der Waals surface area contributed by atoms with Crippen molar-refractivity contribution in [2.75, 3.05) is 6.61 Å². The van der Waals surface area contributed by atoms with Crippen LogP contribution in [0.4, 0.5) is 0 Å². The largest absolute Gasteiger partial charge is 0.481 e. The molecule has 0 saturated carbocycles. The number of unbranched alkanes of at least 4 members (excludes halogenated alkanes) is 45. The fourth-order valence-corrected chi connectivity index (χ4v) is 8.81. The first-order valence-electron chi connectivity index (χ1n) is 27.7. The van der Waals surface area contributed by atoms with Gasteiger partial charge in [0.2, 0.25) is 0 Å². The number of allylic oxidation sites excluding steroid dienone is 2. The molecule has 356 valence electrons. The Balaban J connectivity index is 3.15. The number of hydrogen-bond acceptors (Lipinski definition) is 3. The second-order valence-electron chi connectivity index (χ2n) is 19.1. The van der Waals surface area contributed by atoms with Gasteiger partial charge in [-0.3, -0.25) is 9.59 Å². The van der Waals surface area contributed by atoms with Crippen molar-refractivity contribution in [3.05, 3.63) is 12.2 Å². The maximum atomic E-state index is 12.1. The minimum Gasteiger partial charge on any atom is -0.481 e. The van der Waals surface area contributed by atoms with E-state index in [1.54, 1.807) is 0 Å². The van der Waals surface area contributed by atoms with Crippen molar-refractivity contribution in [3.8, 4) is 0 Å². The van der Waals surface area contributed by atoms with Crippen molar-refractivity contribution in [3.63, 3.8) is 0 Å². The predicted molar refractivity (Wildman–Crippen MR) is 264 cm³/mol. The van der Waals surface area contributed by atoms with Gasteiger partial charge in [0.25, 0.3) is 0 Å². The summed E-state index contributed by atoms with van der Waals surface area (Å²) in [6.45, 7) is 2.91. The fraction of sp³-hybridized carbons (Fsp3) is 0.929. The first kappa shape index (κ1) is 58.7. The van der Waals surface area contributed by atoms with Crippen molar-refractivity contribution < 1.29 is 19.4 Å². The van der Waals surface area contributed by atoms with Gasteiger partial charge in [-0.25, -0.2) is 0 Å². The van der Waals surface area contributed by atoms with Crippen LogP contribution in [0.15, 0.2) is 12.2 Å². The molecule has 0 radical (unpaired) electrons. The fourth-order valence-electron chi connectivity index (χ4n) is 8.81. The van der Waals surface area contributed by atoms with Gasteiger partial charge in [-0.15, -0.1) is 0 Å². The summed E-state index contributed by atoms with van der Waals surface area (Å²) in [5, 5.41) is 8.67. The van der Waals surface area contributed by atoms with E-state index in [1.807, 2.05) is 0 Å². The SMILES string of the molecule is CCCCCCCCC=CCCCCCCCCCCCC(=O)OCCCCCCCCCCCCCCCCCCCCCCCCCCCCCCCCCC(=O)O. The summed E-state index contributed by atoms with van der Waals surface area (Å²) in [5.41, 5.74) is 0. The van der Waals surface area contributed by atoms with Gasteiger partial charge >= 0.3 is 11.9 Å². The molecule has 0 aromatic rings. The van der Waals surface area contributed by atoms with E-state index in [9.17, 15) is 9.59 Å². The molecule has 0 aliphatic rings. The highest BCUT2D eigenvalue weighted by Gasteiger charge is 2.03. The summed E-state index contributed by atoms with van der Waals surface area (Å²) in [5.74, 6) is -0.629. The van der Waals surface area contributed by atoms with Crippen molar-refractivity contribution in [1.29, 1.82) is 0 Å². The van der Waals surface area contributed by atoms with Crippen LogP contribution in [0.25, 0.3) is 0 Å². The number of hydrogen-bond donors (Lipinski definition) is 1.